The molecule has 1 atom stereocenters. The van der Waals surface area contributed by atoms with E-state index in [0.717, 1.165) is 17.5 Å². The molecule has 0 saturated carbocycles. The van der Waals surface area contributed by atoms with Gasteiger partial charge in [0.25, 0.3) is 0 Å². The average molecular weight is 367 g/mol. The number of furan rings is 1. The number of amides is 1. The van der Waals surface area contributed by atoms with E-state index in [1.807, 2.05) is 0 Å². The summed E-state index contributed by atoms with van der Waals surface area (Å²) in [6, 6.07) is 8.18. The zero-order chi connectivity index (χ0) is 19.8. The average Bonchev–Trinajstić information content (AvgIpc) is 3.09. The zero-order valence-electron chi connectivity index (χ0n) is 17.0. The maximum absolute atomic E-state index is 11.9. The minimum atomic E-state index is -0.354. The predicted molar refractivity (Wildman–Crippen MR) is 110 cm³/mol. The van der Waals surface area contributed by atoms with Gasteiger partial charge >= 0.3 is 5.91 Å². The Hall–Kier alpha value is -2.56. The zero-order valence-corrected chi connectivity index (χ0v) is 17.0. The third-order valence-electron chi connectivity index (χ3n) is 5.29. The third-order valence-corrected chi connectivity index (χ3v) is 5.29. The molecule has 5 heteroatoms. The van der Waals surface area contributed by atoms with Gasteiger partial charge in [0.05, 0.1) is 12.5 Å². The Morgan fingerprint density at radius 1 is 1.41 bits per heavy atom. The number of rotatable bonds is 4. The van der Waals surface area contributed by atoms with E-state index in [1.54, 1.807) is 18.3 Å². The lowest BCUT2D eigenvalue weighted by molar-refractivity contribution is 0.0927. The van der Waals surface area contributed by atoms with Crippen LogP contribution in [0.25, 0.3) is 0 Å². The first-order valence-corrected chi connectivity index (χ1v) is 9.51. The van der Waals surface area contributed by atoms with Crippen LogP contribution in [0.3, 0.4) is 0 Å². The molecule has 0 saturated heterocycles. The second kappa shape index (κ2) is 7.22. The smallest absolute Gasteiger partial charge is 0.307 e. The molecule has 1 aliphatic rings. The lowest BCUT2D eigenvalue weighted by atomic mass is 9.78. The minimum absolute atomic E-state index is 0.125. The van der Waals surface area contributed by atoms with Crippen LogP contribution in [0.1, 0.15) is 74.2 Å². The Labute approximate surface area is 161 Å². The van der Waals surface area contributed by atoms with Crippen molar-refractivity contribution in [3.8, 4) is 0 Å². The van der Waals surface area contributed by atoms with Crippen molar-refractivity contribution in [2.75, 3.05) is 4.90 Å². The number of fused-ring (bicyclic) bond motifs is 1. The Kier molecular flexibility index (Phi) is 5.13. The SMILES string of the molecule is Cc1cc2c(cc1/C=N/NC(=O)c1ccco1)[C@@H](C)CC(C)(C)N2C(C)C. The van der Waals surface area contributed by atoms with Crippen molar-refractivity contribution in [3.05, 3.63) is 53.0 Å². The third kappa shape index (κ3) is 3.77. The summed E-state index contributed by atoms with van der Waals surface area (Å²) in [7, 11) is 0. The molecule has 0 spiro atoms. The van der Waals surface area contributed by atoms with Gasteiger partial charge in [0.15, 0.2) is 5.76 Å². The van der Waals surface area contributed by atoms with Crippen LogP contribution in [0.2, 0.25) is 0 Å². The first-order chi connectivity index (χ1) is 12.7. The van der Waals surface area contributed by atoms with E-state index in [9.17, 15) is 4.79 Å². The van der Waals surface area contributed by atoms with E-state index in [2.05, 4.69) is 69.1 Å². The molecule has 0 unspecified atom stereocenters. The lowest BCUT2D eigenvalue weighted by Gasteiger charge is -2.50. The molecule has 0 bridgehead atoms. The van der Waals surface area contributed by atoms with Crippen molar-refractivity contribution in [2.45, 2.75) is 65.5 Å². The molecule has 144 valence electrons. The van der Waals surface area contributed by atoms with Crippen LogP contribution in [-0.2, 0) is 0 Å². The topological polar surface area (TPSA) is 57.8 Å². The molecule has 2 heterocycles. The van der Waals surface area contributed by atoms with Gasteiger partial charge in [0, 0.05) is 17.3 Å². The number of nitrogens with zero attached hydrogens (tertiary/aromatic N) is 2. The highest BCUT2D eigenvalue weighted by atomic mass is 16.3. The summed E-state index contributed by atoms with van der Waals surface area (Å²) in [6.45, 7) is 13.5. The number of hydrogen-bond acceptors (Lipinski definition) is 4. The summed E-state index contributed by atoms with van der Waals surface area (Å²) < 4.78 is 5.07. The van der Waals surface area contributed by atoms with Gasteiger partial charge < -0.3 is 9.32 Å². The number of aryl methyl sites for hydroxylation is 1. The highest BCUT2D eigenvalue weighted by Gasteiger charge is 2.37. The Morgan fingerprint density at radius 2 is 2.15 bits per heavy atom. The molecule has 0 fully saturated rings. The van der Waals surface area contributed by atoms with Gasteiger partial charge in [-0.25, -0.2) is 5.43 Å². The van der Waals surface area contributed by atoms with Crippen LogP contribution in [0, 0.1) is 6.92 Å². The number of nitrogens with one attached hydrogen (secondary N) is 1. The van der Waals surface area contributed by atoms with Crippen molar-refractivity contribution < 1.29 is 9.21 Å². The highest BCUT2D eigenvalue weighted by molar-refractivity contribution is 5.92. The summed E-state index contributed by atoms with van der Waals surface area (Å²) in [5, 5.41) is 4.12. The van der Waals surface area contributed by atoms with Crippen LogP contribution in [0.5, 0.6) is 0 Å². The normalized spacial score (nSPS) is 18.8. The minimum Gasteiger partial charge on any atom is -0.459 e. The molecular weight excluding hydrogens is 338 g/mol. The van der Waals surface area contributed by atoms with E-state index in [0.29, 0.717) is 12.0 Å². The molecule has 2 aromatic rings. The fourth-order valence-corrected chi connectivity index (χ4v) is 4.35. The van der Waals surface area contributed by atoms with Gasteiger partial charge in [-0.05, 0) is 87.9 Å². The fraction of sp³-hybridized carbons (Fsp3) is 0.455. The number of benzene rings is 1. The van der Waals surface area contributed by atoms with Crippen LogP contribution < -0.4 is 10.3 Å². The largest absolute Gasteiger partial charge is 0.459 e. The van der Waals surface area contributed by atoms with Crippen LogP contribution in [-0.4, -0.2) is 23.7 Å². The van der Waals surface area contributed by atoms with Gasteiger partial charge in [-0.15, -0.1) is 0 Å². The Morgan fingerprint density at radius 3 is 2.78 bits per heavy atom. The Balaban J connectivity index is 1.88. The van der Waals surface area contributed by atoms with Crippen LogP contribution in [0.4, 0.5) is 5.69 Å². The molecule has 1 aromatic heterocycles. The number of carbonyl (C=O) groups excluding carboxylic acids is 1. The molecule has 0 aliphatic carbocycles. The van der Waals surface area contributed by atoms with Crippen LogP contribution in [0.15, 0.2) is 40.0 Å². The quantitative estimate of drug-likeness (QED) is 0.620. The maximum atomic E-state index is 11.9. The van der Waals surface area contributed by atoms with Crippen molar-refractivity contribution in [2.24, 2.45) is 5.10 Å². The first-order valence-electron chi connectivity index (χ1n) is 9.51. The van der Waals surface area contributed by atoms with E-state index in [1.165, 1.54) is 17.5 Å². The Bertz CT molecular complexity index is 851. The molecule has 27 heavy (non-hydrogen) atoms. The van der Waals surface area contributed by atoms with E-state index < -0.39 is 0 Å². The number of hydrogen-bond donors (Lipinski definition) is 1. The molecule has 5 nitrogen and oxygen atoms in total. The van der Waals surface area contributed by atoms with Crippen molar-refractivity contribution in [3.63, 3.8) is 0 Å². The molecular formula is C22H29N3O2. The van der Waals surface area contributed by atoms with E-state index >= 15 is 0 Å². The van der Waals surface area contributed by atoms with Gasteiger partial charge in [0.2, 0.25) is 0 Å². The summed E-state index contributed by atoms with van der Waals surface area (Å²) in [6.07, 6.45) is 4.28. The molecule has 0 radical (unpaired) electrons. The molecule has 1 N–H and O–H groups in total. The van der Waals surface area contributed by atoms with Gasteiger partial charge in [0.1, 0.15) is 0 Å². The van der Waals surface area contributed by atoms with Gasteiger partial charge in [-0.3, -0.25) is 4.79 Å². The second-order valence-electron chi connectivity index (χ2n) is 8.33. The summed E-state index contributed by atoms with van der Waals surface area (Å²) >= 11 is 0. The maximum Gasteiger partial charge on any atom is 0.307 e. The standard InChI is InChI=1S/C22H29N3O2/c1-14(2)25-19-10-15(3)17(11-18(19)16(4)12-22(25,5)6)13-23-24-21(26)20-8-7-9-27-20/h7-11,13-14,16H,12H2,1-6H3,(H,24,26)/b23-13+/t16-/m0/s1. The van der Waals surface area contributed by atoms with Gasteiger partial charge in [-0.1, -0.05) is 6.92 Å². The monoisotopic (exact) mass is 367 g/mol. The summed E-state index contributed by atoms with van der Waals surface area (Å²) in [4.78, 5) is 14.5. The molecule has 1 aromatic carbocycles. The fourth-order valence-electron chi connectivity index (χ4n) is 4.35. The van der Waals surface area contributed by atoms with E-state index in [-0.39, 0.29) is 17.2 Å². The summed E-state index contributed by atoms with van der Waals surface area (Å²) in [5.41, 5.74) is 7.45. The molecule has 3 rings (SSSR count). The van der Waals surface area contributed by atoms with Crippen molar-refractivity contribution in [1.29, 1.82) is 0 Å². The van der Waals surface area contributed by atoms with Crippen molar-refractivity contribution >= 4 is 17.8 Å². The highest BCUT2D eigenvalue weighted by Crippen LogP contribution is 2.45. The van der Waals surface area contributed by atoms with E-state index in [4.69, 9.17) is 4.42 Å². The van der Waals surface area contributed by atoms with Crippen LogP contribution >= 0.6 is 0 Å². The predicted octanol–water partition coefficient (Wildman–Crippen LogP) is 4.85. The second-order valence-corrected chi connectivity index (χ2v) is 8.33. The molecule has 1 aliphatic heterocycles. The number of hydrazone groups is 1. The number of anilines is 1. The lowest BCUT2D eigenvalue weighted by Crippen LogP contribution is -2.51. The summed E-state index contributed by atoms with van der Waals surface area (Å²) in [5.74, 6) is 0.362. The molecule has 1 amide bonds. The first kappa shape index (κ1) is 19.2. The van der Waals surface area contributed by atoms with Gasteiger partial charge in [-0.2, -0.15) is 5.10 Å². The van der Waals surface area contributed by atoms with Crippen molar-refractivity contribution in [1.82, 2.24) is 5.43 Å². The number of carbonyl (C=O) groups is 1.